The lowest BCUT2D eigenvalue weighted by Crippen LogP contribution is -2.51. The van der Waals surface area contributed by atoms with E-state index in [2.05, 4.69) is 33.0 Å². The van der Waals surface area contributed by atoms with Crippen LogP contribution in [0.4, 0.5) is 15.8 Å². The number of hydrazone groups is 1. The van der Waals surface area contributed by atoms with E-state index in [0.29, 0.717) is 67.0 Å². The number of guanidine groups is 1. The van der Waals surface area contributed by atoms with Gasteiger partial charge in [0.15, 0.2) is 6.10 Å². The van der Waals surface area contributed by atoms with Crippen molar-refractivity contribution in [3.63, 3.8) is 0 Å². The van der Waals surface area contributed by atoms with Crippen molar-refractivity contribution in [1.29, 1.82) is 5.26 Å². The third kappa shape index (κ3) is 4.69. The number of carbonyl (C=O) groups excluding carboxylic acids is 1. The zero-order chi connectivity index (χ0) is 25.3. The first-order chi connectivity index (χ1) is 17.4. The van der Waals surface area contributed by atoms with Crippen molar-refractivity contribution < 1.29 is 13.9 Å². The number of benzene rings is 2. The van der Waals surface area contributed by atoms with Crippen LogP contribution in [0.2, 0.25) is 5.02 Å². The van der Waals surface area contributed by atoms with Gasteiger partial charge in [-0.05, 0) is 43.0 Å². The van der Waals surface area contributed by atoms with E-state index < -0.39 is 11.5 Å². The molecule has 4 N–H and O–H groups in total. The molecule has 1 saturated heterocycles. The lowest BCUT2D eigenvalue weighted by molar-refractivity contribution is -0.140. The summed E-state index contributed by atoms with van der Waals surface area (Å²) < 4.78 is 19.4. The molecule has 5 rings (SSSR count). The fourth-order valence-corrected chi connectivity index (χ4v) is 5.01. The minimum atomic E-state index is -0.700. The van der Waals surface area contributed by atoms with Crippen LogP contribution in [-0.4, -0.2) is 49.6 Å². The number of halogens is 2. The van der Waals surface area contributed by atoms with Gasteiger partial charge in [0.2, 0.25) is 5.96 Å². The van der Waals surface area contributed by atoms with Gasteiger partial charge in [-0.25, -0.2) is 9.93 Å². The Kier molecular flexibility index (Phi) is 6.47. The molecule has 0 spiro atoms. The first-order valence-electron chi connectivity index (χ1n) is 11.6. The van der Waals surface area contributed by atoms with Gasteiger partial charge >= 0.3 is 0 Å². The number of piperidine rings is 1. The average Bonchev–Trinajstić information content (AvgIpc) is 3.44. The summed E-state index contributed by atoms with van der Waals surface area (Å²) in [5.74, 6) is 0.613. The number of ether oxygens (including phenoxy) is 1. The number of nitrogens with zero attached hydrogens (tertiary/aromatic N) is 4. The van der Waals surface area contributed by atoms with Gasteiger partial charge in [0.05, 0.1) is 34.4 Å². The fraction of sp³-hybridized carbons (Fsp3) is 0.375. The van der Waals surface area contributed by atoms with Crippen molar-refractivity contribution in [2.45, 2.75) is 25.4 Å². The number of likely N-dealkylation sites (tertiary alicyclic amines) is 1. The number of amides is 1. The highest BCUT2D eigenvalue weighted by Gasteiger charge is 2.39. The molecule has 188 valence electrons. The minimum Gasteiger partial charge on any atom is -0.476 e. The summed E-state index contributed by atoms with van der Waals surface area (Å²) in [6.45, 7) is 1.23. The molecule has 0 aliphatic carbocycles. The van der Waals surface area contributed by atoms with Crippen molar-refractivity contribution in [3.05, 3.63) is 52.8 Å². The van der Waals surface area contributed by atoms with Gasteiger partial charge in [0, 0.05) is 26.2 Å². The van der Waals surface area contributed by atoms with E-state index in [0.717, 1.165) is 5.56 Å². The third-order valence-electron chi connectivity index (χ3n) is 6.87. The first-order valence-corrected chi connectivity index (χ1v) is 12.0. The van der Waals surface area contributed by atoms with Crippen molar-refractivity contribution in [3.8, 4) is 11.8 Å². The van der Waals surface area contributed by atoms with Crippen LogP contribution in [-0.2, 0) is 11.2 Å². The van der Waals surface area contributed by atoms with Gasteiger partial charge in [-0.3, -0.25) is 10.2 Å². The topological polar surface area (TPSA) is 117 Å². The summed E-state index contributed by atoms with van der Waals surface area (Å²) in [6.07, 6.45) is 0.924. The molecule has 2 aromatic carbocycles. The number of carbonyl (C=O) groups is 1. The Hall–Kier alpha value is -3.75. The monoisotopic (exact) mass is 512 g/mol. The molecule has 36 heavy (non-hydrogen) atoms. The molecule has 3 aliphatic rings. The maximum Gasteiger partial charge on any atom is 0.265 e. The summed E-state index contributed by atoms with van der Waals surface area (Å²) in [5.41, 5.74) is 9.83. The van der Waals surface area contributed by atoms with Gasteiger partial charge in [0.25, 0.3) is 5.91 Å². The Bertz CT molecular complexity index is 1220. The van der Waals surface area contributed by atoms with Crippen molar-refractivity contribution in [1.82, 2.24) is 21.4 Å². The van der Waals surface area contributed by atoms with E-state index >= 15 is 0 Å². The molecule has 3 heterocycles. The largest absolute Gasteiger partial charge is 0.476 e. The zero-order valence-corrected chi connectivity index (χ0v) is 20.4. The van der Waals surface area contributed by atoms with Crippen LogP contribution in [0.25, 0.3) is 0 Å². The van der Waals surface area contributed by atoms with Crippen molar-refractivity contribution >= 4 is 34.8 Å². The first kappa shape index (κ1) is 24.0. The predicted molar refractivity (Wildman–Crippen MR) is 134 cm³/mol. The molecule has 0 radical (unpaired) electrons. The quantitative estimate of drug-likeness (QED) is 0.493. The molecule has 0 aromatic heterocycles. The lowest BCUT2D eigenvalue weighted by atomic mass is 9.75. The summed E-state index contributed by atoms with van der Waals surface area (Å²) in [4.78, 5) is 16.8. The van der Waals surface area contributed by atoms with E-state index in [1.165, 1.54) is 12.1 Å². The van der Waals surface area contributed by atoms with Gasteiger partial charge in [-0.2, -0.15) is 5.26 Å². The van der Waals surface area contributed by atoms with Crippen LogP contribution in [0.3, 0.4) is 0 Å². The molecular weight excluding hydrogens is 487 g/mol. The molecule has 1 atom stereocenters. The van der Waals surface area contributed by atoms with Gasteiger partial charge in [0.1, 0.15) is 11.6 Å². The third-order valence-corrected chi connectivity index (χ3v) is 7.17. The molecular formula is C24H26ClFN8O2. The van der Waals surface area contributed by atoms with E-state index in [-0.39, 0.29) is 11.7 Å². The number of rotatable bonds is 4. The fourth-order valence-electron chi connectivity index (χ4n) is 4.72. The highest BCUT2D eigenvalue weighted by atomic mass is 35.5. The molecule has 1 unspecified atom stereocenters. The minimum absolute atomic E-state index is 0.124. The second kappa shape index (κ2) is 9.72. The smallest absolute Gasteiger partial charge is 0.265 e. The summed E-state index contributed by atoms with van der Waals surface area (Å²) in [7, 11) is 1.80. The summed E-state index contributed by atoms with van der Waals surface area (Å²) in [6, 6.07) is 12.2. The molecule has 10 nitrogen and oxygen atoms in total. The van der Waals surface area contributed by atoms with Gasteiger partial charge < -0.3 is 19.9 Å². The van der Waals surface area contributed by atoms with Crippen LogP contribution >= 0.6 is 11.6 Å². The average molecular weight is 513 g/mol. The van der Waals surface area contributed by atoms with Crippen molar-refractivity contribution in [2.75, 3.05) is 36.9 Å². The Balaban J connectivity index is 1.24. The zero-order valence-electron chi connectivity index (χ0n) is 19.6. The lowest BCUT2D eigenvalue weighted by Gasteiger charge is -2.39. The maximum atomic E-state index is 13.3. The molecule has 1 amide bonds. The second-order valence-electron chi connectivity index (χ2n) is 9.16. The highest BCUT2D eigenvalue weighted by Crippen LogP contribution is 2.39. The maximum absolute atomic E-state index is 13.3. The van der Waals surface area contributed by atoms with Gasteiger partial charge in [-0.15, -0.1) is 10.6 Å². The van der Waals surface area contributed by atoms with Crippen LogP contribution in [0.5, 0.6) is 5.75 Å². The molecule has 12 heteroatoms. The van der Waals surface area contributed by atoms with E-state index in [4.69, 9.17) is 16.3 Å². The molecule has 2 aromatic rings. The highest BCUT2D eigenvalue weighted by molar-refractivity contribution is 6.34. The Labute approximate surface area is 213 Å². The van der Waals surface area contributed by atoms with Crippen LogP contribution in [0.15, 0.2) is 41.5 Å². The SMILES string of the molecule is CN(C1=NNNN1)c1cc2c(cc1Cl)NCC(C(=O)N1CCC(C#N)(Cc3ccc(F)cc3)CC1)O2. The number of anilines is 2. The Morgan fingerprint density at radius 1 is 1.33 bits per heavy atom. The molecule has 3 aliphatic heterocycles. The van der Waals surface area contributed by atoms with Gasteiger partial charge in [-0.1, -0.05) is 23.7 Å². The number of hydrazine groups is 2. The second-order valence-corrected chi connectivity index (χ2v) is 9.57. The molecule has 0 saturated carbocycles. The van der Waals surface area contributed by atoms with E-state index in [9.17, 15) is 14.4 Å². The molecule has 1 fully saturated rings. The standard InChI is InChI=1S/C24H26ClFN8O2/c1-33(23-29-31-32-30-23)19-11-20-18(10-17(19)25)28-13-21(36-20)22(35)34-8-6-24(14-27,7-9-34)12-15-2-4-16(26)5-3-15/h2-5,10-11,21,28,31-32H,6-9,12-13H2,1H3,(H,29,30). The Morgan fingerprint density at radius 3 is 2.75 bits per heavy atom. The number of fused-ring (bicyclic) bond motifs is 1. The normalized spacial score (nSPS) is 20.0. The summed E-state index contributed by atoms with van der Waals surface area (Å²) >= 11 is 6.48. The van der Waals surface area contributed by atoms with E-state index in [1.54, 1.807) is 41.1 Å². The van der Waals surface area contributed by atoms with Crippen LogP contribution in [0.1, 0.15) is 18.4 Å². The van der Waals surface area contributed by atoms with Crippen LogP contribution in [0, 0.1) is 22.6 Å². The predicted octanol–water partition coefficient (Wildman–Crippen LogP) is 2.35. The summed E-state index contributed by atoms with van der Waals surface area (Å²) in [5, 5.41) is 17.7. The van der Waals surface area contributed by atoms with Crippen LogP contribution < -0.4 is 31.4 Å². The number of hydrogen-bond donors (Lipinski definition) is 4. The number of nitriles is 1. The van der Waals surface area contributed by atoms with E-state index in [1.807, 2.05) is 0 Å². The number of nitrogens with one attached hydrogen (secondary N) is 4. The Morgan fingerprint density at radius 2 is 2.08 bits per heavy atom. The molecule has 0 bridgehead atoms. The number of hydrogen-bond acceptors (Lipinski definition) is 9. The van der Waals surface area contributed by atoms with Crippen molar-refractivity contribution in [2.24, 2.45) is 10.5 Å².